The maximum absolute atomic E-state index is 14.7. The molecule has 0 radical (unpaired) electrons. The van der Waals surface area contributed by atoms with Gasteiger partial charge >= 0.3 is 0 Å². The predicted octanol–water partition coefficient (Wildman–Crippen LogP) is 6.62. The second-order valence-corrected chi connectivity index (χ2v) is 14.4. The first kappa shape index (κ1) is 38.3. The van der Waals surface area contributed by atoms with Crippen LogP contribution in [0.3, 0.4) is 0 Å². The number of nitrogens with zero attached hydrogens (tertiary/aromatic N) is 2. The molecule has 2 amide bonds. The summed E-state index contributed by atoms with van der Waals surface area (Å²) in [6.07, 6.45) is 0.913. The molecule has 0 saturated heterocycles. The largest absolute Gasteiger partial charge is 0.494 e. The van der Waals surface area contributed by atoms with E-state index in [2.05, 4.69) is 21.2 Å². The zero-order valence-electron chi connectivity index (χ0n) is 29.0. The Balaban J connectivity index is 1.83. The van der Waals surface area contributed by atoms with Crippen molar-refractivity contribution in [2.24, 2.45) is 0 Å². The van der Waals surface area contributed by atoms with Gasteiger partial charge in [-0.3, -0.25) is 13.9 Å². The highest BCUT2D eigenvalue weighted by Crippen LogP contribution is 2.33. The molecular weight excluding hydrogens is 722 g/mol. The van der Waals surface area contributed by atoms with Crippen LogP contribution in [0.1, 0.15) is 38.3 Å². The minimum Gasteiger partial charge on any atom is -0.494 e. The number of ether oxygens (including phenoxy) is 3. The van der Waals surface area contributed by atoms with E-state index < -0.39 is 28.5 Å². The summed E-state index contributed by atoms with van der Waals surface area (Å²) in [5.74, 6) is 0.225. The van der Waals surface area contributed by atoms with E-state index in [1.54, 1.807) is 24.3 Å². The molecule has 0 saturated carbocycles. The van der Waals surface area contributed by atoms with Gasteiger partial charge in [-0.25, -0.2) is 8.42 Å². The van der Waals surface area contributed by atoms with Crippen LogP contribution in [0.25, 0.3) is 0 Å². The summed E-state index contributed by atoms with van der Waals surface area (Å²) < 4.78 is 47.2. The normalized spacial score (nSPS) is 12.4. The fraction of sp³-hybridized carbons (Fsp3) is 0.316. The Morgan fingerprint density at radius 2 is 1.50 bits per heavy atom. The minimum atomic E-state index is -4.37. The maximum Gasteiger partial charge on any atom is 0.264 e. The van der Waals surface area contributed by atoms with E-state index in [4.69, 9.17) is 14.2 Å². The zero-order valence-corrected chi connectivity index (χ0v) is 31.4. The molecule has 4 aromatic carbocycles. The van der Waals surface area contributed by atoms with Crippen LogP contribution in [0.5, 0.6) is 17.2 Å². The van der Waals surface area contributed by atoms with E-state index in [9.17, 15) is 18.0 Å². The quantitative estimate of drug-likeness (QED) is 0.129. The van der Waals surface area contributed by atoms with Gasteiger partial charge in [0.1, 0.15) is 18.3 Å². The summed E-state index contributed by atoms with van der Waals surface area (Å²) in [5, 5.41) is 3.05. The molecule has 0 heterocycles. The number of rotatable bonds is 17. The smallest absolute Gasteiger partial charge is 0.264 e. The average Bonchev–Trinajstić information content (AvgIpc) is 3.13. The molecule has 0 unspecified atom stereocenters. The number of nitrogens with one attached hydrogen (secondary N) is 1. The number of hydrogen-bond acceptors (Lipinski definition) is 7. The van der Waals surface area contributed by atoms with Crippen molar-refractivity contribution in [1.82, 2.24) is 10.2 Å². The third kappa shape index (κ3) is 9.79. The molecule has 0 aliphatic heterocycles. The van der Waals surface area contributed by atoms with E-state index in [-0.39, 0.29) is 41.2 Å². The van der Waals surface area contributed by atoms with Crippen molar-refractivity contribution in [2.75, 3.05) is 31.7 Å². The standard InChI is InChI=1S/C38H44BrN3O7S/c1-6-27(3)40-38(44)34(23-28-11-9-8-10-12-28)41(25-29-13-15-30(39)16-14-29)37(43)26-42(31-17-19-32(20-18-31)49-7-2)50(45,46)33-21-22-35(47-4)36(24-33)48-5/h8-22,24,27,34H,6-7,23,25-26H2,1-5H3,(H,40,44)/t27-,34+/m1/s1. The van der Waals surface area contributed by atoms with E-state index in [1.807, 2.05) is 75.4 Å². The number of anilines is 1. The van der Waals surface area contributed by atoms with Crippen molar-refractivity contribution in [3.63, 3.8) is 0 Å². The molecular formula is C38H44BrN3O7S. The molecule has 0 bridgehead atoms. The minimum absolute atomic E-state index is 0.0606. The monoisotopic (exact) mass is 765 g/mol. The fourth-order valence-corrected chi connectivity index (χ4v) is 6.98. The van der Waals surface area contributed by atoms with Gasteiger partial charge in [0.25, 0.3) is 10.0 Å². The summed E-state index contributed by atoms with van der Waals surface area (Å²) >= 11 is 3.46. The molecule has 50 heavy (non-hydrogen) atoms. The molecule has 4 rings (SSSR count). The van der Waals surface area contributed by atoms with Gasteiger partial charge in [-0.1, -0.05) is 65.3 Å². The lowest BCUT2D eigenvalue weighted by molar-refractivity contribution is -0.140. The molecule has 0 fully saturated rings. The van der Waals surface area contributed by atoms with Gasteiger partial charge in [0, 0.05) is 29.5 Å². The van der Waals surface area contributed by atoms with Crippen LogP contribution in [0, 0.1) is 0 Å². The maximum atomic E-state index is 14.7. The van der Waals surface area contributed by atoms with Gasteiger partial charge in [0.15, 0.2) is 11.5 Å². The second kappa shape index (κ2) is 17.9. The molecule has 0 spiro atoms. The van der Waals surface area contributed by atoms with Crippen molar-refractivity contribution < 1.29 is 32.2 Å². The summed E-state index contributed by atoms with van der Waals surface area (Å²) in [6.45, 7) is 5.62. The van der Waals surface area contributed by atoms with Crippen LogP contribution in [0.15, 0.2) is 106 Å². The van der Waals surface area contributed by atoms with Crippen molar-refractivity contribution >= 4 is 43.5 Å². The first-order valence-electron chi connectivity index (χ1n) is 16.4. The average molecular weight is 767 g/mol. The Labute approximate surface area is 303 Å². The van der Waals surface area contributed by atoms with Crippen molar-refractivity contribution in [2.45, 2.75) is 57.1 Å². The van der Waals surface area contributed by atoms with E-state index in [0.717, 1.165) is 19.9 Å². The van der Waals surface area contributed by atoms with Crippen LogP contribution >= 0.6 is 15.9 Å². The summed E-state index contributed by atoms with van der Waals surface area (Å²) in [4.78, 5) is 30.1. The van der Waals surface area contributed by atoms with Crippen LogP contribution in [-0.2, 0) is 32.6 Å². The molecule has 0 aliphatic rings. The summed E-state index contributed by atoms with van der Waals surface area (Å²) in [6, 6.07) is 26.5. The molecule has 2 atom stereocenters. The predicted molar refractivity (Wildman–Crippen MR) is 198 cm³/mol. The van der Waals surface area contributed by atoms with Gasteiger partial charge in [0.2, 0.25) is 11.8 Å². The Bertz CT molecular complexity index is 1820. The number of halogens is 1. The van der Waals surface area contributed by atoms with Gasteiger partial charge < -0.3 is 24.4 Å². The number of sulfonamides is 1. The van der Waals surface area contributed by atoms with Crippen LogP contribution in [0.4, 0.5) is 5.69 Å². The van der Waals surface area contributed by atoms with Crippen LogP contribution in [0.2, 0.25) is 0 Å². The van der Waals surface area contributed by atoms with Crippen molar-refractivity contribution in [3.8, 4) is 17.2 Å². The topological polar surface area (TPSA) is 114 Å². The molecule has 4 aromatic rings. The Morgan fingerprint density at radius 1 is 0.840 bits per heavy atom. The Hall–Kier alpha value is -4.55. The lowest BCUT2D eigenvalue weighted by atomic mass is 10.0. The molecule has 0 aromatic heterocycles. The van der Waals surface area contributed by atoms with Gasteiger partial charge in [-0.2, -0.15) is 0 Å². The van der Waals surface area contributed by atoms with Crippen LogP contribution < -0.4 is 23.8 Å². The van der Waals surface area contributed by atoms with E-state index >= 15 is 0 Å². The van der Waals surface area contributed by atoms with Gasteiger partial charge in [-0.05, 0) is 79.9 Å². The number of carbonyl (C=O) groups is 2. The number of carbonyl (C=O) groups excluding carboxylic acids is 2. The first-order chi connectivity index (χ1) is 24.0. The number of amides is 2. The second-order valence-electron chi connectivity index (χ2n) is 11.6. The van der Waals surface area contributed by atoms with Gasteiger partial charge in [0.05, 0.1) is 31.4 Å². The number of benzene rings is 4. The summed E-state index contributed by atoms with van der Waals surface area (Å²) in [5.41, 5.74) is 1.86. The lowest BCUT2D eigenvalue weighted by Crippen LogP contribution is -2.54. The lowest BCUT2D eigenvalue weighted by Gasteiger charge is -2.34. The van der Waals surface area contributed by atoms with E-state index in [1.165, 1.54) is 37.3 Å². The van der Waals surface area contributed by atoms with Gasteiger partial charge in [-0.15, -0.1) is 0 Å². The fourth-order valence-electron chi connectivity index (χ4n) is 5.29. The number of hydrogen-bond donors (Lipinski definition) is 1. The highest BCUT2D eigenvalue weighted by molar-refractivity contribution is 9.10. The summed E-state index contributed by atoms with van der Waals surface area (Å²) in [7, 11) is -1.49. The Morgan fingerprint density at radius 3 is 2.10 bits per heavy atom. The Kier molecular flexibility index (Phi) is 13.7. The SMILES string of the molecule is CCOc1ccc(N(CC(=O)N(Cc2ccc(Br)cc2)[C@@H](Cc2ccccc2)C(=O)N[C@H](C)CC)S(=O)(=O)c2ccc(OC)c(OC)c2)cc1. The molecule has 1 N–H and O–H groups in total. The highest BCUT2D eigenvalue weighted by atomic mass is 79.9. The zero-order chi connectivity index (χ0) is 36.3. The van der Waals surface area contributed by atoms with Crippen molar-refractivity contribution in [1.29, 1.82) is 0 Å². The first-order valence-corrected chi connectivity index (χ1v) is 18.6. The highest BCUT2D eigenvalue weighted by Gasteiger charge is 2.35. The van der Waals surface area contributed by atoms with Crippen molar-refractivity contribution in [3.05, 3.63) is 113 Å². The third-order valence-corrected chi connectivity index (χ3v) is 10.5. The molecule has 0 aliphatic carbocycles. The molecule has 12 heteroatoms. The van der Waals surface area contributed by atoms with Crippen LogP contribution in [-0.4, -0.2) is 64.6 Å². The molecule has 10 nitrogen and oxygen atoms in total. The molecule has 266 valence electrons. The van der Waals surface area contributed by atoms with E-state index in [0.29, 0.717) is 24.5 Å². The third-order valence-electron chi connectivity index (χ3n) is 8.20. The number of methoxy groups -OCH3 is 2.